The molecule has 0 saturated heterocycles. The fourth-order valence-electron chi connectivity index (χ4n) is 2.00. The lowest BCUT2D eigenvalue weighted by molar-refractivity contribution is 0.303. The number of nitriles is 1. The van der Waals surface area contributed by atoms with Crippen molar-refractivity contribution in [2.24, 2.45) is 5.41 Å². The number of hydrogen-bond donors (Lipinski definition) is 0. The first kappa shape index (κ1) is 15.7. The average Bonchev–Trinajstić information content (AvgIpc) is 2.38. The normalized spacial score (nSPS) is 11.6. The van der Waals surface area contributed by atoms with Crippen LogP contribution in [0.1, 0.15) is 38.7 Å². The molecule has 1 rings (SSSR count). The number of benzene rings is 1. The Bertz CT molecular complexity index is 435. The fourth-order valence-corrected chi connectivity index (χ4v) is 2.00. The van der Waals surface area contributed by atoms with E-state index in [1.165, 1.54) is 6.07 Å². The van der Waals surface area contributed by atoms with Gasteiger partial charge in [0.1, 0.15) is 5.82 Å². The quantitative estimate of drug-likeness (QED) is 0.695. The van der Waals surface area contributed by atoms with E-state index < -0.39 is 0 Å². The zero-order chi connectivity index (χ0) is 14.3. The van der Waals surface area contributed by atoms with Crippen LogP contribution in [-0.4, -0.2) is 18.5 Å². The second-order valence-electron chi connectivity index (χ2n) is 5.78. The summed E-state index contributed by atoms with van der Waals surface area (Å²) < 4.78 is 13.5. The van der Waals surface area contributed by atoms with E-state index >= 15 is 0 Å². The van der Waals surface area contributed by atoms with Crippen molar-refractivity contribution in [1.29, 1.82) is 5.26 Å². The van der Waals surface area contributed by atoms with E-state index in [1.807, 2.05) is 33.0 Å². The van der Waals surface area contributed by atoms with Crippen LogP contribution in [-0.2, 0) is 6.54 Å². The molecule has 1 aromatic carbocycles. The van der Waals surface area contributed by atoms with Crippen molar-refractivity contribution < 1.29 is 4.39 Å². The molecule has 0 radical (unpaired) electrons. The van der Waals surface area contributed by atoms with Crippen LogP contribution in [0.15, 0.2) is 24.3 Å². The van der Waals surface area contributed by atoms with Gasteiger partial charge in [-0.1, -0.05) is 24.6 Å². The van der Waals surface area contributed by atoms with Crippen molar-refractivity contribution in [2.45, 2.75) is 39.7 Å². The average molecular weight is 262 g/mol. The molecular weight excluding hydrogens is 239 g/mol. The third-order valence-electron chi connectivity index (χ3n) is 3.29. The molecule has 1 aromatic rings. The molecular formula is C16H23FN2. The summed E-state index contributed by atoms with van der Waals surface area (Å²) in [5, 5.41) is 8.93. The van der Waals surface area contributed by atoms with Gasteiger partial charge in [-0.25, -0.2) is 4.39 Å². The minimum atomic E-state index is -0.232. The van der Waals surface area contributed by atoms with E-state index in [0.717, 1.165) is 31.4 Å². The van der Waals surface area contributed by atoms with Crippen LogP contribution < -0.4 is 0 Å². The van der Waals surface area contributed by atoms with Gasteiger partial charge in [-0.05, 0) is 46.3 Å². The van der Waals surface area contributed by atoms with Crippen LogP contribution in [0.2, 0.25) is 0 Å². The molecule has 0 aliphatic rings. The molecule has 0 unspecified atom stereocenters. The van der Waals surface area contributed by atoms with Gasteiger partial charge in [-0.3, -0.25) is 0 Å². The van der Waals surface area contributed by atoms with Crippen molar-refractivity contribution in [3.8, 4) is 6.07 Å². The summed E-state index contributed by atoms with van der Waals surface area (Å²) in [5.74, 6) is -0.139. The minimum Gasteiger partial charge on any atom is -0.302 e. The highest BCUT2D eigenvalue weighted by atomic mass is 19.1. The molecule has 0 fully saturated rings. The van der Waals surface area contributed by atoms with Gasteiger partial charge in [-0.15, -0.1) is 0 Å². The maximum absolute atomic E-state index is 13.5. The predicted octanol–water partition coefficient (Wildman–Crippen LogP) is 3.98. The molecule has 0 aromatic heterocycles. The zero-order valence-electron chi connectivity index (χ0n) is 12.1. The Morgan fingerprint density at radius 3 is 2.58 bits per heavy atom. The summed E-state index contributed by atoms with van der Waals surface area (Å²) in [7, 11) is 2.00. The van der Waals surface area contributed by atoms with Gasteiger partial charge in [0.25, 0.3) is 0 Å². The first-order valence-corrected chi connectivity index (χ1v) is 6.78. The molecule has 104 valence electrons. The Hall–Kier alpha value is -1.40. The summed E-state index contributed by atoms with van der Waals surface area (Å²) in [6.07, 6.45) is 2.98. The van der Waals surface area contributed by atoms with Crippen LogP contribution >= 0.6 is 0 Å². The maximum atomic E-state index is 13.5. The molecule has 0 saturated carbocycles. The predicted molar refractivity (Wildman–Crippen MR) is 76.0 cm³/mol. The molecule has 19 heavy (non-hydrogen) atoms. The number of halogens is 1. The number of unbranched alkanes of at least 4 members (excludes halogenated alkanes) is 1. The van der Waals surface area contributed by atoms with E-state index in [4.69, 9.17) is 5.26 Å². The summed E-state index contributed by atoms with van der Waals surface area (Å²) in [4.78, 5) is 2.12. The number of rotatable bonds is 7. The van der Waals surface area contributed by atoms with E-state index in [0.29, 0.717) is 6.54 Å². The third-order valence-corrected chi connectivity index (χ3v) is 3.29. The van der Waals surface area contributed by atoms with Crippen molar-refractivity contribution in [1.82, 2.24) is 4.90 Å². The van der Waals surface area contributed by atoms with Crippen LogP contribution in [0.3, 0.4) is 0 Å². The first-order chi connectivity index (χ1) is 8.94. The Morgan fingerprint density at radius 1 is 1.26 bits per heavy atom. The van der Waals surface area contributed by atoms with Gasteiger partial charge < -0.3 is 4.90 Å². The lowest BCUT2D eigenvalue weighted by Gasteiger charge is -2.19. The van der Waals surface area contributed by atoms with Gasteiger partial charge in [0.2, 0.25) is 0 Å². The topological polar surface area (TPSA) is 27.0 Å². The second kappa shape index (κ2) is 7.25. The van der Waals surface area contributed by atoms with Gasteiger partial charge in [0.05, 0.1) is 11.5 Å². The molecule has 0 bridgehead atoms. The lowest BCUT2D eigenvalue weighted by Crippen LogP contribution is -2.20. The minimum absolute atomic E-state index is 0.139. The van der Waals surface area contributed by atoms with Crippen LogP contribution in [0.25, 0.3) is 0 Å². The SMILES string of the molecule is CN(CCCCC(C)(C)C#N)Cc1ccccc1F. The Morgan fingerprint density at radius 2 is 1.95 bits per heavy atom. The maximum Gasteiger partial charge on any atom is 0.127 e. The van der Waals surface area contributed by atoms with Crippen molar-refractivity contribution in [2.75, 3.05) is 13.6 Å². The molecule has 0 amide bonds. The summed E-state index contributed by atoms with van der Waals surface area (Å²) in [5.41, 5.74) is 0.506. The van der Waals surface area contributed by atoms with Crippen LogP contribution in [0, 0.1) is 22.6 Å². The van der Waals surface area contributed by atoms with Crippen LogP contribution in [0.5, 0.6) is 0 Å². The molecule has 0 heterocycles. The number of hydrogen-bond acceptors (Lipinski definition) is 2. The Labute approximate surface area is 115 Å². The standard InChI is InChI=1S/C16H23FN2/c1-16(2,13-18)10-6-7-11-19(3)12-14-8-4-5-9-15(14)17/h4-5,8-9H,6-7,10-12H2,1-3H3. The smallest absolute Gasteiger partial charge is 0.127 e. The van der Waals surface area contributed by atoms with Crippen molar-refractivity contribution in [3.05, 3.63) is 35.6 Å². The molecule has 0 aliphatic heterocycles. The lowest BCUT2D eigenvalue weighted by atomic mass is 9.89. The molecule has 3 heteroatoms. The molecule has 0 atom stereocenters. The van der Waals surface area contributed by atoms with E-state index in [9.17, 15) is 4.39 Å². The Balaban J connectivity index is 2.28. The van der Waals surface area contributed by atoms with E-state index in [-0.39, 0.29) is 11.2 Å². The largest absolute Gasteiger partial charge is 0.302 e. The molecule has 2 nitrogen and oxygen atoms in total. The highest BCUT2D eigenvalue weighted by Gasteiger charge is 2.15. The van der Waals surface area contributed by atoms with Crippen molar-refractivity contribution >= 4 is 0 Å². The van der Waals surface area contributed by atoms with E-state index in [2.05, 4.69) is 11.0 Å². The molecule has 0 spiro atoms. The monoisotopic (exact) mass is 262 g/mol. The first-order valence-electron chi connectivity index (χ1n) is 6.78. The third kappa shape index (κ3) is 5.85. The second-order valence-corrected chi connectivity index (χ2v) is 5.78. The summed E-state index contributed by atoms with van der Waals surface area (Å²) in [6.45, 7) is 5.50. The van der Waals surface area contributed by atoms with Crippen molar-refractivity contribution in [3.63, 3.8) is 0 Å². The highest BCUT2D eigenvalue weighted by molar-refractivity contribution is 5.16. The number of nitrogens with zero attached hydrogens (tertiary/aromatic N) is 2. The summed E-state index contributed by atoms with van der Waals surface area (Å²) >= 11 is 0. The molecule has 0 aliphatic carbocycles. The van der Waals surface area contributed by atoms with Gasteiger partial charge in [0.15, 0.2) is 0 Å². The fraction of sp³-hybridized carbons (Fsp3) is 0.562. The Kier molecular flexibility index (Phi) is 5.98. The van der Waals surface area contributed by atoms with Gasteiger partial charge >= 0.3 is 0 Å². The van der Waals surface area contributed by atoms with Gasteiger partial charge in [-0.2, -0.15) is 5.26 Å². The summed E-state index contributed by atoms with van der Waals surface area (Å²) in [6, 6.07) is 9.21. The van der Waals surface area contributed by atoms with Gasteiger partial charge in [0, 0.05) is 12.1 Å². The van der Waals surface area contributed by atoms with E-state index in [1.54, 1.807) is 6.07 Å². The zero-order valence-corrected chi connectivity index (χ0v) is 12.1. The highest BCUT2D eigenvalue weighted by Crippen LogP contribution is 2.21. The van der Waals surface area contributed by atoms with Crippen LogP contribution in [0.4, 0.5) is 4.39 Å². The molecule has 0 N–H and O–H groups in total.